The van der Waals surface area contributed by atoms with Crippen molar-refractivity contribution in [3.05, 3.63) is 0 Å². The quantitative estimate of drug-likeness (QED) is 0.584. The van der Waals surface area contributed by atoms with Crippen molar-refractivity contribution < 1.29 is 0 Å². The number of rotatable bonds is 1. The molecule has 1 aliphatic heterocycles. The maximum absolute atomic E-state index is 8.88. The summed E-state index contributed by atoms with van der Waals surface area (Å²) in [5.74, 6) is 0. The van der Waals surface area contributed by atoms with Crippen LogP contribution in [0.5, 0.6) is 0 Å². The zero-order chi connectivity index (χ0) is 8.32. The lowest BCUT2D eigenvalue weighted by Gasteiger charge is -2.34. The molecule has 3 nitrogen and oxygen atoms in total. The Hall–Kier alpha value is -0.590. The smallest absolute Gasteiger partial charge is 0.0720 e. The van der Waals surface area contributed by atoms with Crippen molar-refractivity contribution in [2.75, 3.05) is 26.7 Å². The van der Waals surface area contributed by atoms with Gasteiger partial charge in [0.1, 0.15) is 0 Å². The van der Waals surface area contributed by atoms with Gasteiger partial charge >= 0.3 is 0 Å². The van der Waals surface area contributed by atoms with E-state index < -0.39 is 0 Å². The minimum Gasteiger partial charge on any atom is -0.329 e. The molecular formula is C8H15N3. The van der Waals surface area contributed by atoms with Gasteiger partial charge in [0.25, 0.3) is 0 Å². The predicted octanol–water partition coefficient (Wildman–Crippen LogP) is 0.181. The first-order chi connectivity index (χ1) is 5.22. The van der Waals surface area contributed by atoms with Crippen molar-refractivity contribution in [2.24, 2.45) is 11.1 Å². The molecule has 1 aliphatic rings. The highest BCUT2D eigenvalue weighted by molar-refractivity contribution is 5.02. The zero-order valence-electron chi connectivity index (χ0n) is 7.01. The van der Waals surface area contributed by atoms with Gasteiger partial charge in [-0.2, -0.15) is 5.26 Å². The molecule has 1 fully saturated rings. The van der Waals surface area contributed by atoms with E-state index in [4.69, 9.17) is 11.0 Å². The predicted molar refractivity (Wildman–Crippen MR) is 43.8 cm³/mol. The van der Waals surface area contributed by atoms with Gasteiger partial charge in [0, 0.05) is 6.54 Å². The first-order valence-electron chi connectivity index (χ1n) is 4.02. The maximum Gasteiger partial charge on any atom is 0.0720 e. The topological polar surface area (TPSA) is 53.0 Å². The summed E-state index contributed by atoms with van der Waals surface area (Å²) in [5.41, 5.74) is 5.34. The summed E-state index contributed by atoms with van der Waals surface area (Å²) in [4.78, 5) is 2.24. The minimum absolute atomic E-state index is 0.216. The second kappa shape index (κ2) is 3.21. The van der Waals surface area contributed by atoms with Gasteiger partial charge in [-0.25, -0.2) is 0 Å². The number of nitriles is 1. The molecule has 1 heterocycles. The van der Waals surface area contributed by atoms with Crippen LogP contribution >= 0.6 is 0 Å². The summed E-state index contributed by atoms with van der Waals surface area (Å²) in [7, 11) is 2.08. The lowest BCUT2D eigenvalue weighted by Crippen LogP contribution is -2.41. The fraction of sp³-hybridized carbons (Fsp3) is 0.875. The van der Waals surface area contributed by atoms with Gasteiger partial charge in [0.05, 0.1) is 11.5 Å². The lowest BCUT2D eigenvalue weighted by atomic mass is 9.80. The van der Waals surface area contributed by atoms with Gasteiger partial charge < -0.3 is 10.6 Å². The fourth-order valence-corrected chi connectivity index (χ4v) is 1.41. The van der Waals surface area contributed by atoms with Crippen LogP contribution in [0, 0.1) is 16.7 Å². The van der Waals surface area contributed by atoms with E-state index in [1.165, 1.54) is 0 Å². The van der Waals surface area contributed by atoms with Gasteiger partial charge in [-0.05, 0) is 33.0 Å². The van der Waals surface area contributed by atoms with E-state index in [-0.39, 0.29) is 5.41 Å². The third kappa shape index (κ3) is 1.70. The van der Waals surface area contributed by atoms with E-state index in [2.05, 4.69) is 18.0 Å². The molecule has 2 N–H and O–H groups in total. The average Bonchev–Trinajstić information content (AvgIpc) is 2.07. The number of piperidine rings is 1. The van der Waals surface area contributed by atoms with E-state index in [1.54, 1.807) is 0 Å². The molecule has 1 saturated heterocycles. The van der Waals surface area contributed by atoms with Crippen molar-refractivity contribution in [1.82, 2.24) is 4.90 Å². The third-order valence-electron chi connectivity index (χ3n) is 2.57. The Morgan fingerprint density at radius 3 is 2.45 bits per heavy atom. The second-order valence-electron chi connectivity index (χ2n) is 3.40. The second-order valence-corrected chi connectivity index (χ2v) is 3.40. The van der Waals surface area contributed by atoms with Crippen LogP contribution in [0.15, 0.2) is 0 Å². The van der Waals surface area contributed by atoms with E-state index in [9.17, 15) is 0 Å². The molecule has 0 aliphatic carbocycles. The lowest BCUT2D eigenvalue weighted by molar-refractivity contribution is 0.177. The van der Waals surface area contributed by atoms with Gasteiger partial charge in [-0.3, -0.25) is 0 Å². The molecule has 0 amide bonds. The van der Waals surface area contributed by atoms with Gasteiger partial charge in [0.15, 0.2) is 0 Å². The Balaban J connectivity index is 2.54. The standard InChI is InChI=1S/C8H15N3/c1-11-4-2-8(6-9,7-10)3-5-11/h2-6,9H2,1H3. The number of nitrogens with zero attached hydrogens (tertiary/aromatic N) is 2. The molecule has 1 rings (SSSR count). The Bertz CT molecular complexity index is 163. The largest absolute Gasteiger partial charge is 0.329 e. The molecule has 0 spiro atoms. The molecule has 0 unspecified atom stereocenters. The van der Waals surface area contributed by atoms with E-state index in [0.717, 1.165) is 25.9 Å². The van der Waals surface area contributed by atoms with Crippen LogP contribution in [0.4, 0.5) is 0 Å². The summed E-state index contributed by atoms with van der Waals surface area (Å²) < 4.78 is 0. The monoisotopic (exact) mass is 153 g/mol. The number of nitrogens with two attached hydrogens (primary N) is 1. The minimum atomic E-state index is -0.216. The molecule has 11 heavy (non-hydrogen) atoms. The first kappa shape index (κ1) is 8.51. The molecule has 0 radical (unpaired) electrons. The fourth-order valence-electron chi connectivity index (χ4n) is 1.41. The van der Waals surface area contributed by atoms with Crippen LogP contribution in [0.1, 0.15) is 12.8 Å². The highest BCUT2D eigenvalue weighted by atomic mass is 15.1. The Labute approximate surface area is 67.8 Å². The molecule has 0 bridgehead atoms. The summed E-state index contributed by atoms with van der Waals surface area (Å²) in [6, 6.07) is 2.34. The molecule has 62 valence electrons. The Morgan fingerprint density at radius 2 is 2.09 bits per heavy atom. The van der Waals surface area contributed by atoms with Crippen LogP contribution in [0.2, 0.25) is 0 Å². The molecule has 0 aromatic rings. The zero-order valence-corrected chi connectivity index (χ0v) is 7.01. The van der Waals surface area contributed by atoms with Crippen LogP contribution in [0.3, 0.4) is 0 Å². The van der Waals surface area contributed by atoms with Gasteiger partial charge in [0.2, 0.25) is 0 Å². The summed E-state index contributed by atoms with van der Waals surface area (Å²) in [6.45, 7) is 2.52. The molecular weight excluding hydrogens is 138 g/mol. The Morgan fingerprint density at radius 1 is 1.55 bits per heavy atom. The van der Waals surface area contributed by atoms with E-state index >= 15 is 0 Å². The van der Waals surface area contributed by atoms with Crippen molar-refractivity contribution in [2.45, 2.75) is 12.8 Å². The van der Waals surface area contributed by atoms with Crippen LogP contribution in [-0.4, -0.2) is 31.6 Å². The first-order valence-corrected chi connectivity index (χ1v) is 4.02. The third-order valence-corrected chi connectivity index (χ3v) is 2.57. The van der Waals surface area contributed by atoms with E-state index in [0.29, 0.717) is 6.54 Å². The number of hydrogen-bond donors (Lipinski definition) is 1. The molecule has 3 heteroatoms. The molecule has 0 atom stereocenters. The summed E-state index contributed by atoms with van der Waals surface area (Å²) in [5, 5.41) is 8.88. The highest BCUT2D eigenvalue weighted by Gasteiger charge is 2.31. The SMILES string of the molecule is CN1CCC(C#N)(CN)CC1. The summed E-state index contributed by atoms with van der Waals surface area (Å²) >= 11 is 0. The van der Waals surface area contributed by atoms with Gasteiger partial charge in [-0.1, -0.05) is 0 Å². The van der Waals surface area contributed by atoms with Crippen molar-refractivity contribution in [1.29, 1.82) is 5.26 Å². The molecule has 0 aromatic carbocycles. The summed E-state index contributed by atoms with van der Waals surface area (Å²) in [6.07, 6.45) is 1.85. The number of likely N-dealkylation sites (tertiary alicyclic amines) is 1. The van der Waals surface area contributed by atoms with Crippen molar-refractivity contribution >= 4 is 0 Å². The Kier molecular flexibility index (Phi) is 2.48. The normalized spacial score (nSPS) is 24.5. The van der Waals surface area contributed by atoms with Crippen LogP contribution < -0.4 is 5.73 Å². The maximum atomic E-state index is 8.88. The van der Waals surface area contributed by atoms with Crippen molar-refractivity contribution in [3.8, 4) is 6.07 Å². The average molecular weight is 153 g/mol. The highest BCUT2D eigenvalue weighted by Crippen LogP contribution is 2.28. The molecule has 0 saturated carbocycles. The molecule has 0 aromatic heterocycles. The van der Waals surface area contributed by atoms with Crippen LogP contribution in [-0.2, 0) is 0 Å². The van der Waals surface area contributed by atoms with E-state index in [1.807, 2.05) is 0 Å². The van der Waals surface area contributed by atoms with Crippen LogP contribution in [0.25, 0.3) is 0 Å². The van der Waals surface area contributed by atoms with Crippen molar-refractivity contribution in [3.63, 3.8) is 0 Å². The number of hydrogen-bond acceptors (Lipinski definition) is 3. The van der Waals surface area contributed by atoms with Gasteiger partial charge in [-0.15, -0.1) is 0 Å².